The van der Waals surface area contributed by atoms with Crippen LogP contribution in [0.3, 0.4) is 0 Å². The Balaban J connectivity index is 2.68. The van der Waals surface area contributed by atoms with Gasteiger partial charge in [0.25, 0.3) is 0 Å². The van der Waals surface area contributed by atoms with Gasteiger partial charge < -0.3 is 14.5 Å². The lowest BCUT2D eigenvalue weighted by atomic mass is 10.1. The molecule has 1 aromatic heterocycles. The Morgan fingerprint density at radius 2 is 2.00 bits per heavy atom. The number of nitrogens with one attached hydrogen (secondary N) is 1. The van der Waals surface area contributed by atoms with Gasteiger partial charge in [-0.2, -0.15) is 13.2 Å². The summed E-state index contributed by atoms with van der Waals surface area (Å²) in [7, 11) is 1.14. The number of aromatic nitrogens is 1. The molecule has 0 bridgehead atoms. The third kappa shape index (κ3) is 3.20. The summed E-state index contributed by atoms with van der Waals surface area (Å²) >= 11 is 0. The minimum Gasteiger partial charge on any atom is -0.465 e. The van der Waals surface area contributed by atoms with E-state index in [-0.39, 0.29) is 23.1 Å². The number of carbonyl (C=O) groups excluding carboxylic acids is 2. The number of hydrogen-bond acceptors (Lipinski definition) is 4. The molecular formula is C15H12F3NO4. The van der Waals surface area contributed by atoms with Crippen LogP contribution in [0.5, 0.6) is 0 Å². The van der Waals surface area contributed by atoms with Crippen molar-refractivity contribution in [2.75, 3.05) is 13.7 Å². The summed E-state index contributed by atoms with van der Waals surface area (Å²) in [5.41, 5.74) is -1.84. The average Bonchev–Trinajstić information content (AvgIpc) is 2.90. The first-order valence-electron chi connectivity index (χ1n) is 6.38. The number of fused-ring (bicyclic) bond motifs is 1. The van der Waals surface area contributed by atoms with Crippen LogP contribution in [0.4, 0.5) is 13.2 Å². The fourth-order valence-corrected chi connectivity index (χ4v) is 2.07. The third-order valence-corrected chi connectivity index (χ3v) is 3.04. The zero-order valence-electron chi connectivity index (χ0n) is 12.0. The zero-order chi connectivity index (χ0) is 17.2. The Kier molecular flexibility index (Phi) is 4.44. The predicted octanol–water partition coefficient (Wildman–Crippen LogP) is 3.32. The van der Waals surface area contributed by atoms with Crippen molar-refractivity contribution in [1.29, 1.82) is 0 Å². The molecule has 5 nitrogen and oxygen atoms in total. The number of ether oxygens (including phenoxy) is 2. The van der Waals surface area contributed by atoms with Gasteiger partial charge in [0, 0.05) is 10.9 Å². The molecule has 0 saturated carbocycles. The maximum absolute atomic E-state index is 13.1. The number of aromatic amines is 1. The summed E-state index contributed by atoms with van der Waals surface area (Å²) in [6, 6.07) is 3.71. The van der Waals surface area contributed by atoms with Crippen molar-refractivity contribution in [2.24, 2.45) is 0 Å². The maximum Gasteiger partial charge on any atom is 0.432 e. The molecule has 122 valence electrons. The van der Waals surface area contributed by atoms with Gasteiger partial charge in [0.05, 0.1) is 18.2 Å². The summed E-state index contributed by atoms with van der Waals surface area (Å²) in [6.45, 7) is 3.09. The van der Waals surface area contributed by atoms with Crippen molar-refractivity contribution in [2.45, 2.75) is 6.18 Å². The second-order valence-electron chi connectivity index (χ2n) is 4.51. The molecule has 0 aliphatic carbocycles. The topological polar surface area (TPSA) is 68.4 Å². The third-order valence-electron chi connectivity index (χ3n) is 3.04. The highest BCUT2D eigenvalue weighted by Gasteiger charge is 2.39. The van der Waals surface area contributed by atoms with Crippen molar-refractivity contribution < 1.29 is 32.2 Å². The van der Waals surface area contributed by atoms with Crippen molar-refractivity contribution in [3.63, 3.8) is 0 Å². The van der Waals surface area contributed by atoms with Crippen LogP contribution in [0.25, 0.3) is 10.9 Å². The van der Waals surface area contributed by atoms with Gasteiger partial charge in [0.1, 0.15) is 12.3 Å². The number of hydrogen-bond donors (Lipinski definition) is 1. The average molecular weight is 327 g/mol. The molecule has 0 atom stereocenters. The number of esters is 2. The van der Waals surface area contributed by atoms with E-state index in [2.05, 4.69) is 16.3 Å². The van der Waals surface area contributed by atoms with Crippen LogP contribution in [-0.4, -0.2) is 30.6 Å². The molecule has 0 spiro atoms. The second kappa shape index (κ2) is 6.15. The Bertz CT molecular complexity index is 777. The van der Waals surface area contributed by atoms with Crippen molar-refractivity contribution in [3.05, 3.63) is 47.7 Å². The molecular weight excluding hydrogens is 315 g/mol. The van der Waals surface area contributed by atoms with Crippen LogP contribution in [0.1, 0.15) is 26.4 Å². The van der Waals surface area contributed by atoms with E-state index in [1.807, 2.05) is 0 Å². The molecule has 2 aromatic rings. The van der Waals surface area contributed by atoms with Crippen LogP contribution in [-0.2, 0) is 15.7 Å². The Morgan fingerprint density at radius 3 is 2.57 bits per heavy atom. The van der Waals surface area contributed by atoms with Crippen LogP contribution in [0.15, 0.2) is 30.9 Å². The van der Waals surface area contributed by atoms with Gasteiger partial charge in [0.2, 0.25) is 0 Å². The fraction of sp³-hybridized carbons (Fsp3) is 0.200. The van der Waals surface area contributed by atoms with Gasteiger partial charge in [0.15, 0.2) is 0 Å². The van der Waals surface area contributed by atoms with Crippen molar-refractivity contribution in [1.82, 2.24) is 4.98 Å². The van der Waals surface area contributed by atoms with E-state index in [4.69, 9.17) is 4.74 Å². The Morgan fingerprint density at radius 1 is 1.30 bits per heavy atom. The largest absolute Gasteiger partial charge is 0.465 e. The molecule has 23 heavy (non-hydrogen) atoms. The van der Waals surface area contributed by atoms with Crippen LogP contribution >= 0.6 is 0 Å². The normalized spacial score (nSPS) is 11.3. The highest BCUT2D eigenvalue weighted by molar-refractivity contribution is 6.07. The van der Waals surface area contributed by atoms with Crippen LogP contribution < -0.4 is 0 Å². The fourth-order valence-electron chi connectivity index (χ4n) is 2.07. The molecule has 0 aliphatic heterocycles. The standard InChI is InChI=1S/C15H12F3NO4/c1-3-6-23-14(21)11-9-7-8(13(20)22-2)4-5-10(9)19-12(11)15(16,17)18/h3-5,7,19H,1,6H2,2H3. The van der Waals surface area contributed by atoms with Gasteiger partial charge in [-0.1, -0.05) is 12.7 Å². The lowest BCUT2D eigenvalue weighted by Gasteiger charge is -2.07. The van der Waals surface area contributed by atoms with Crippen LogP contribution in [0, 0.1) is 0 Å². The molecule has 1 N–H and O–H groups in total. The number of H-pyrrole nitrogens is 1. The maximum atomic E-state index is 13.1. The number of carbonyl (C=O) groups is 2. The highest BCUT2D eigenvalue weighted by Crippen LogP contribution is 2.36. The minimum atomic E-state index is -4.78. The molecule has 8 heteroatoms. The lowest BCUT2D eigenvalue weighted by Crippen LogP contribution is -2.14. The van der Waals surface area contributed by atoms with E-state index in [9.17, 15) is 22.8 Å². The number of methoxy groups -OCH3 is 1. The Hall–Kier alpha value is -2.77. The molecule has 1 heterocycles. The number of halogens is 3. The molecule has 0 radical (unpaired) electrons. The predicted molar refractivity (Wildman–Crippen MR) is 75.1 cm³/mol. The molecule has 0 fully saturated rings. The second-order valence-corrected chi connectivity index (χ2v) is 4.51. The van der Waals surface area contributed by atoms with Gasteiger partial charge in [-0.3, -0.25) is 0 Å². The summed E-state index contributed by atoms with van der Waals surface area (Å²) in [5, 5.41) is -0.0747. The van der Waals surface area contributed by atoms with E-state index < -0.39 is 29.4 Å². The summed E-state index contributed by atoms with van der Waals surface area (Å²) < 4.78 is 48.7. The van der Waals surface area contributed by atoms with Gasteiger partial charge in [-0.25, -0.2) is 9.59 Å². The first kappa shape index (κ1) is 16.6. The molecule has 2 rings (SSSR count). The summed E-state index contributed by atoms with van der Waals surface area (Å²) in [5.74, 6) is -1.89. The van der Waals surface area contributed by atoms with Crippen LogP contribution in [0.2, 0.25) is 0 Å². The van der Waals surface area contributed by atoms with Crippen molar-refractivity contribution >= 4 is 22.8 Å². The molecule has 0 saturated heterocycles. The monoisotopic (exact) mass is 327 g/mol. The highest BCUT2D eigenvalue weighted by atomic mass is 19.4. The smallest absolute Gasteiger partial charge is 0.432 e. The van der Waals surface area contributed by atoms with E-state index in [0.29, 0.717) is 0 Å². The van der Waals surface area contributed by atoms with Crippen molar-refractivity contribution in [3.8, 4) is 0 Å². The lowest BCUT2D eigenvalue weighted by molar-refractivity contribution is -0.141. The van der Waals surface area contributed by atoms with Gasteiger partial charge in [-0.15, -0.1) is 0 Å². The number of benzene rings is 1. The zero-order valence-corrected chi connectivity index (χ0v) is 12.0. The first-order chi connectivity index (χ1) is 10.8. The SMILES string of the molecule is C=CCOC(=O)c1c(C(F)(F)F)[nH]c2ccc(C(=O)OC)cc12. The first-order valence-corrected chi connectivity index (χ1v) is 6.38. The minimum absolute atomic E-state index is 0.0190. The Labute approximate surface area is 128 Å². The summed E-state index contributed by atoms with van der Waals surface area (Å²) in [4.78, 5) is 25.7. The van der Waals surface area contributed by atoms with E-state index >= 15 is 0 Å². The number of alkyl halides is 3. The van der Waals surface area contributed by atoms with Gasteiger partial charge in [-0.05, 0) is 18.2 Å². The molecule has 1 aromatic carbocycles. The van der Waals surface area contributed by atoms with Gasteiger partial charge >= 0.3 is 18.1 Å². The molecule has 0 unspecified atom stereocenters. The van der Waals surface area contributed by atoms with E-state index in [1.54, 1.807) is 0 Å². The van der Waals surface area contributed by atoms with E-state index in [1.165, 1.54) is 18.2 Å². The molecule has 0 aliphatic rings. The van der Waals surface area contributed by atoms with E-state index in [0.717, 1.165) is 13.2 Å². The molecule has 0 amide bonds. The summed E-state index contributed by atoms with van der Waals surface area (Å²) in [6.07, 6.45) is -3.55. The quantitative estimate of drug-likeness (QED) is 0.691. The number of rotatable bonds is 4.